The van der Waals surface area contributed by atoms with E-state index >= 15 is 0 Å². The molecule has 0 saturated carbocycles. The van der Waals surface area contributed by atoms with Gasteiger partial charge in [0.15, 0.2) is 5.15 Å². The second-order valence-corrected chi connectivity index (χ2v) is 3.84. The van der Waals surface area contributed by atoms with Crippen LogP contribution in [0.25, 0.3) is 0 Å². The summed E-state index contributed by atoms with van der Waals surface area (Å²) in [5.41, 5.74) is 1.05. The van der Waals surface area contributed by atoms with Gasteiger partial charge >= 0.3 is 0 Å². The molecular formula is C12H11ClN4O. The molecule has 2 heterocycles. The van der Waals surface area contributed by atoms with Crippen LogP contribution in [0.4, 0.5) is 5.69 Å². The number of carbonyl (C=O) groups excluding carboxylic acids is 1. The fourth-order valence-corrected chi connectivity index (χ4v) is 1.76. The molecule has 0 atom stereocenters. The van der Waals surface area contributed by atoms with Crippen molar-refractivity contribution in [3.63, 3.8) is 0 Å². The van der Waals surface area contributed by atoms with Crippen molar-refractivity contribution < 1.29 is 4.79 Å². The summed E-state index contributed by atoms with van der Waals surface area (Å²) < 4.78 is 0. The van der Waals surface area contributed by atoms with Crippen molar-refractivity contribution in [2.24, 2.45) is 0 Å². The molecule has 2 aromatic heterocycles. The lowest BCUT2D eigenvalue weighted by molar-refractivity contribution is 0.0988. The van der Waals surface area contributed by atoms with Gasteiger partial charge in [-0.2, -0.15) is 0 Å². The molecule has 0 fully saturated rings. The zero-order chi connectivity index (χ0) is 13.0. The highest BCUT2D eigenvalue weighted by molar-refractivity contribution is 6.32. The lowest BCUT2D eigenvalue weighted by atomic mass is 10.2. The van der Waals surface area contributed by atoms with E-state index in [0.717, 1.165) is 0 Å². The van der Waals surface area contributed by atoms with E-state index in [-0.39, 0.29) is 11.1 Å². The van der Waals surface area contributed by atoms with Crippen LogP contribution in [0.3, 0.4) is 0 Å². The largest absolute Gasteiger partial charge is 0.304 e. The third-order valence-corrected chi connectivity index (χ3v) is 2.72. The van der Waals surface area contributed by atoms with Crippen LogP contribution in [0.5, 0.6) is 0 Å². The summed E-state index contributed by atoms with van der Waals surface area (Å²) in [5.74, 6) is -0.156. The first-order valence-corrected chi connectivity index (χ1v) is 5.79. The number of nitrogens with zero attached hydrogens (tertiary/aromatic N) is 4. The summed E-state index contributed by atoms with van der Waals surface area (Å²) in [5, 5.41) is 0.259. The molecule has 0 radical (unpaired) electrons. The van der Waals surface area contributed by atoms with E-state index in [9.17, 15) is 4.79 Å². The molecule has 0 N–H and O–H groups in total. The summed E-state index contributed by atoms with van der Waals surface area (Å²) >= 11 is 5.97. The molecule has 2 aromatic rings. The van der Waals surface area contributed by atoms with E-state index in [2.05, 4.69) is 15.0 Å². The highest BCUT2D eigenvalue weighted by atomic mass is 35.5. The lowest BCUT2D eigenvalue weighted by Gasteiger charge is -2.20. The Bertz CT molecular complexity index is 547. The summed E-state index contributed by atoms with van der Waals surface area (Å²) in [4.78, 5) is 25.5. The van der Waals surface area contributed by atoms with Gasteiger partial charge in [-0.05, 0) is 19.1 Å². The molecule has 6 heteroatoms. The van der Waals surface area contributed by atoms with Crippen molar-refractivity contribution in [1.82, 2.24) is 15.0 Å². The SMILES string of the molecule is CCN(C(=O)c1ccncc1)c1cncnc1Cl. The van der Waals surface area contributed by atoms with Crippen LogP contribution in [-0.4, -0.2) is 27.4 Å². The van der Waals surface area contributed by atoms with Gasteiger partial charge in [0.1, 0.15) is 12.0 Å². The van der Waals surface area contributed by atoms with Gasteiger partial charge in [0.05, 0.1) is 6.20 Å². The maximum Gasteiger partial charge on any atom is 0.258 e. The Kier molecular flexibility index (Phi) is 3.84. The second kappa shape index (κ2) is 5.55. The molecule has 0 unspecified atom stereocenters. The quantitative estimate of drug-likeness (QED) is 0.796. The van der Waals surface area contributed by atoms with E-state index in [1.165, 1.54) is 17.4 Å². The van der Waals surface area contributed by atoms with Crippen molar-refractivity contribution >= 4 is 23.2 Å². The van der Waals surface area contributed by atoms with Crippen LogP contribution in [0, 0.1) is 0 Å². The standard InChI is InChI=1S/C12H11ClN4O/c1-2-17(10-7-15-8-16-11(10)13)12(18)9-3-5-14-6-4-9/h3-8H,2H2,1H3. The molecule has 0 bridgehead atoms. The first-order chi connectivity index (χ1) is 8.74. The fraction of sp³-hybridized carbons (Fsp3) is 0.167. The van der Waals surface area contributed by atoms with Gasteiger partial charge < -0.3 is 4.90 Å². The first kappa shape index (κ1) is 12.4. The molecule has 0 aliphatic heterocycles. The van der Waals surface area contributed by atoms with Crippen molar-refractivity contribution in [2.75, 3.05) is 11.4 Å². The summed E-state index contributed by atoms with van der Waals surface area (Å²) in [7, 11) is 0. The summed E-state index contributed by atoms with van der Waals surface area (Å²) in [6.45, 7) is 2.34. The van der Waals surface area contributed by atoms with Crippen LogP contribution >= 0.6 is 11.6 Å². The van der Waals surface area contributed by atoms with Gasteiger partial charge in [-0.15, -0.1) is 0 Å². The van der Waals surface area contributed by atoms with Gasteiger partial charge in [-0.1, -0.05) is 11.6 Å². The zero-order valence-corrected chi connectivity index (χ0v) is 10.5. The molecule has 0 spiro atoms. The average molecular weight is 263 g/mol. The van der Waals surface area contributed by atoms with Crippen LogP contribution in [0.2, 0.25) is 5.15 Å². The second-order valence-electron chi connectivity index (χ2n) is 3.48. The number of carbonyl (C=O) groups is 1. The number of hydrogen-bond acceptors (Lipinski definition) is 4. The fourth-order valence-electron chi connectivity index (χ4n) is 1.56. The molecule has 2 rings (SSSR count). The lowest BCUT2D eigenvalue weighted by Crippen LogP contribution is -2.31. The number of rotatable bonds is 3. The Morgan fingerprint density at radius 3 is 2.67 bits per heavy atom. The minimum atomic E-state index is -0.156. The normalized spacial score (nSPS) is 10.1. The monoisotopic (exact) mass is 262 g/mol. The molecule has 0 saturated heterocycles. The topological polar surface area (TPSA) is 59.0 Å². The highest BCUT2D eigenvalue weighted by Gasteiger charge is 2.18. The maximum atomic E-state index is 12.3. The predicted octanol–water partition coefficient (Wildman–Crippen LogP) is 2.19. The molecule has 5 nitrogen and oxygen atoms in total. The minimum Gasteiger partial charge on any atom is -0.304 e. The number of hydrogen-bond donors (Lipinski definition) is 0. The maximum absolute atomic E-state index is 12.3. The Morgan fingerprint density at radius 1 is 1.33 bits per heavy atom. The van der Waals surface area contributed by atoms with Crippen molar-refractivity contribution in [3.8, 4) is 0 Å². The molecule has 0 aliphatic carbocycles. The van der Waals surface area contributed by atoms with Gasteiger partial charge in [-0.25, -0.2) is 9.97 Å². The summed E-state index contributed by atoms with van der Waals surface area (Å²) in [6.07, 6.45) is 6.02. The van der Waals surface area contributed by atoms with Gasteiger partial charge in [0.2, 0.25) is 0 Å². The minimum absolute atomic E-state index is 0.156. The van der Waals surface area contributed by atoms with Crippen LogP contribution < -0.4 is 4.90 Å². The van der Waals surface area contributed by atoms with Gasteiger partial charge in [0, 0.05) is 24.5 Å². The first-order valence-electron chi connectivity index (χ1n) is 5.41. The average Bonchev–Trinajstić information content (AvgIpc) is 2.42. The third kappa shape index (κ3) is 2.46. The zero-order valence-electron chi connectivity index (χ0n) is 9.75. The smallest absolute Gasteiger partial charge is 0.258 e. The van der Waals surface area contributed by atoms with Crippen molar-refractivity contribution in [2.45, 2.75) is 6.92 Å². The summed E-state index contributed by atoms with van der Waals surface area (Å²) in [6, 6.07) is 3.31. The van der Waals surface area contributed by atoms with Crippen LogP contribution in [-0.2, 0) is 0 Å². The molecule has 92 valence electrons. The predicted molar refractivity (Wildman–Crippen MR) is 68.6 cm³/mol. The van der Waals surface area contributed by atoms with E-state index < -0.39 is 0 Å². The van der Waals surface area contributed by atoms with E-state index in [1.54, 1.807) is 24.5 Å². The van der Waals surface area contributed by atoms with Crippen LogP contribution in [0.15, 0.2) is 37.1 Å². The van der Waals surface area contributed by atoms with Gasteiger partial charge in [-0.3, -0.25) is 9.78 Å². The van der Waals surface area contributed by atoms with E-state index in [1.807, 2.05) is 6.92 Å². The Morgan fingerprint density at radius 2 is 2.06 bits per heavy atom. The third-order valence-electron chi connectivity index (χ3n) is 2.43. The van der Waals surface area contributed by atoms with E-state index in [4.69, 9.17) is 11.6 Å². The Labute approximate surface area is 109 Å². The number of amides is 1. The van der Waals surface area contributed by atoms with Crippen molar-refractivity contribution in [1.29, 1.82) is 0 Å². The highest BCUT2D eigenvalue weighted by Crippen LogP contribution is 2.23. The van der Waals surface area contributed by atoms with Crippen molar-refractivity contribution in [3.05, 3.63) is 47.8 Å². The number of aromatic nitrogens is 3. The molecular weight excluding hydrogens is 252 g/mol. The number of pyridine rings is 1. The Hall–Kier alpha value is -2.01. The molecule has 0 aromatic carbocycles. The molecule has 1 amide bonds. The van der Waals surface area contributed by atoms with Crippen LogP contribution in [0.1, 0.15) is 17.3 Å². The molecule has 18 heavy (non-hydrogen) atoms. The number of halogens is 1. The van der Waals surface area contributed by atoms with E-state index in [0.29, 0.717) is 17.8 Å². The molecule has 0 aliphatic rings. The van der Waals surface area contributed by atoms with Gasteiger partial charge in [0.25, 0.3) is 5.91 Å². The number of anilines is 1. The Balaban J connectivity index is 2.36.